The van der Waals surface area contributed by atoms with Crippen molar-refractivity contribution in [1.29, 1.82) is 0 Å². The Kier molecular flexibility index (Phi) is 10.3. The average Bonchev–Trinajstić information content (AvgIpc) is 3.34. The van der Waals surface area contributed by atoms with Crippen LogP contribution >= 0.6 is 11.6 Å². The molecule has 0 spiro atoms. The van der Waals surface area contributed by atoms with E-state index in [-0.39, 0.29) is 36.6 Å². The maximum atomic E-state index is 11.7. The van der Waals surface area contributed by atoms with Crippen LogP contribution in [0.1, 0.15) is 43.1 Å². The van der Waals surface area contributed by atoms with Crippen LogP contribution in [0.25, 0.3) is 10.9 Å². The zero-order chi connectivity index (χ0) is 30.2. The van der Waals surface area contributed by atoms with Crippen LogP contribution in [0.2, 0.25) is 5.02 Å². The number of amides is 1. The molecule has 222 valence electrons. The van der Waals surface area contributed by atoms with E-state index in [0.29, 0.717) is 18.8 Å². The lowest BCUT2D eigenvalue weighted by Crippen LogP contribution is -2.36. The number of halogens is 1. The molecular formula is C32H36ClN3O6. The molecule has 0 aliphatic carbocycles. The standard InChI is InChI=1S/C31H34ClN3O4.CH2O2/c1-19(2)31(38)33-18-24(37)14-16-39-25-10-3-20(4-11-25)30-29-26(27-17-21(32)5-12-28(27)34-29)13-15-35(30)22-6-8-23(36)9-7-22;2-1-3/h3-12,17,19,24,30,34,36-37H,13-16,18H2,1-2H3,(H,33,38);1H,(H,2,3). The molecule has 4 aromatic rings. The molecule has 0 saturated heterocycles. The van der Waals surface area contributed by atoms with Crippen LogP contribution in [0, 0.1) is 5.92 Å². The third-order valence-corrected chi connectivity index (χ3v) is 7.46. The Morgan fingerprint density at radius 2 is 1.83 bits per heavy atom. The van der Waals surface area contributed by atoms with Crippen LogP contribution in [0.5, 0.6) is 11.5 Å². The van der Waals surface area contributed by atoms with Crippen molar-refractivity contribution in [3.05, 3.63) is 88.6 Å². The number of aromatic nitrogens is 1. The van der Waals surface area contributed by atoms with Crippen LogP contribution in [-0.4, -0.2) is 58.5 Å². The molecule has 5 rings (SSSR count). The molecule has 0 saturated carbocycles. The summed E-state index contributed by atoms with van der Waals surface area (Å²) < 4.78 is 5.89. The highest BCUT2D eigenvalue weighted by Gasteiger charge is 2.32. The molecule has 9 nitrogen and oxygen atoms in total. The molecule has 42 heavy (non-hydrogen) atoms. The summed E-state index contributed by atoms with van der Waals surface area (Å²) in [5.41, 5.74) is 5.59. The van der Waals surface area contributed by atoms with E-state index >= 15 is 0 Å². The summed E-state index contributed by atoms with van der Waals surface area (Å²) >= 11 is 6.34. The Labute approximate surface area is 249 Å². The number of aliphatic hydroxyl groups is 1. The lowest BCUT2D eigenvalue weighted by molar-refractivity contribution is -0.124. The first-order valence-electron chi connectivity index (χ1n) is 13.8. The van der Waals surface area contributed by atoms with Crippen LogP contribution in [0.3, 0.4) is 0 Å². The van der Waals surface area contributed by atoms with Crippen molar-refractivity contribution in [2.75, 3.05) is 24.6 Å². The fourth-order valence-electron chi connectivity index (χ4n) is 5.11. The normalized spacial score (nSPS) is 15.0. The third kappa shape index (κ3) is 7.35. The molecule has 2 atom stereocenters. The van der Waals surface area contributed by atoms with Gasteiger partial charge in [0.1, 0.15) is 11.5 Å². The number of rotatable bonds is 9. The molecule has 2 heterocycles. The Morgan fingerprint density at radius 1 is 1.14 bits per heavy atom. The van der Waals surface area contributed by atoms with Gasteiger partial charge in [0.05, 0.1) is 18.8 Å². The number of aromatic amines is 1. The second-order valence-electron chi connectivity index (χ2n) is 10.4. The second-order valence-corrected chi connectivity index (χ2v) is 10.9. The Bertz CT molecular complexity index is 1490. The van der Waals surface area contributed by atoms with Crippen LogP contribution in [0.4, 0.5) is 5.69 Å². The van der Waals surface area contributed by atoms with Crippen molar-refractivity contribution < 1.29 is 29.6 Å². The maximum Gasteiger partial charge on any atom is 0.290 e. The number of aliphatic hydroxyl groups excluding tert-OH is 1. The number of carboxylic acid groups (broad SMARTS) is 1. The van der Waals surface area contributed by atoms with Gasteiger partial charge in [0, 0.05) is 52.7 Å². The molecule has 0 radical (unpaired) electrons. The lowest BCUT2D eigenvalue weighted by atomic mass is 9.91. The van der Waals surface area contributed by atoms with E-state index in [1.807, 2.05) is 56.3 Å². The van der Waals surface area contributed by atoms with Crippen LogP contribution in [0.15, 0.2) is 66.7 Å². The monoisotopic (exact) mass is 593 g/mol. The number of phenolic OH excluding ortho intramolecular Hbond substituents is 1. The summed E-state index contributed by atoms with van der Waals surface area (Å²) in [5.74, 6) is 0.769. The number of aromatic hydroxyl groups is 1. The number of nitrogens with zero attached hydrogens (tertiary/aromatic N) is 1. The quantitative estimate of drug-likeness (QED) is 0.167. The van der Waals surface area contributed by atoms with E-state index in [0.717, 1.165) is 45.8 Å². The van der Waals surface area contributed by atoms with Gasteiger partial charge in [-0.15, -0.1) is 0 Å². The number of ether oxygens (including phenoxy) is 1. The number of carbonyl (C=O) groups excluding carboxylic acids is 1. The molecule has 1 amide bonds. The van der Waals surface area contributed by atoms with Crippen molar-refractivity contribution in [3.8, 4) is 11.5 Å². The first-order chi connectivity index (χ1) is 20.2. The van der Waals surface area contributed by atoms with Crippen molar-refractivity contribution in [3.63, 3.8) is 0 Å². The Morgan fingerprint density at radius 3 is 2.50 bits per heavy atom. The highest BCUT2D eigenvalue weighted by atomic mass is 35.5. The SMILES string of the molecule is CC(C)C(=O)NCC(O)CCOc1ccc(C2c3[nH]c4ccc(Cl)cc4c3CCN2c2ccc(O)cc2)cc1.O=CO. The zero-order valence-corrected chi connectivity index (χ0v) is 24.3. The Hall–Kier alpha value is -4.21. The molecule has 10 heteroatoms. The number of hydrogen-bond donors (Lipinski definition) is 5. The van der Waals surface area contributed by atoms with Gasteiger partial charge in [0.2, 0.25) is 5.91 Å². The fourth-order valence-corrected chi connectivity index (χ4v) is 5.29. The van der Waals surface area contributed by atoms with Crippen molar-refractivity contribution in [2.24, 2.45) is 5.92 Å². The van der Waals surface area contributed by atoms with E-state index < -0.39 is 6.10 Å². The topological polar surface area (TPSA) is 135 Å². The number of phenols is 1. The molecule has 1 aromatic heterocycles. The number of anilines is 1. The van der Waals surface area contributed by atoms with E-state index in [2.05, 4.69) is 27.3 Å². The van der Waals surface area contributed by atoms with Gasteiger partial charge in [0.25, 0.3) is 6.47 Å². The van der Waals surface area contributed by atoms with Gasteiger partial charge in [-0.2, -0.15) is 0 Å². The average molecular weight is 594 g/mol. The molecule has 1 aliphatic heterocycles. The summed E-state index contributed by atoms with van der Waals surface area (Å²) in [4.78, 5) is 26.1. The molecule has 5 N–H and O–H groups in total. The molecule has 2 unspecified atom stereocenters. The van der Waals surface area contributed by atoms with Gasteiger partial charge in [0.15, 0.2) is 0 Å². The van der Waals surface area contributed by atoms with Gasteiger partial charge in [-0.3, -0.25) is 9.59 Å². The van der Waals surface area contributed by atoms with Gasteiger partial charge in [-0.05, 0) is 72.1 Å². The number of benzene rings is 3. The summed E-state index contributed by atoms with van der Waals surface area (Å²) in [6, 6.07) is 21.2. The minimum Gasteiger partial charge on any atom is -0.508 e. The highest BCUT2D eigenvalue weighted by molar-refractivity contribution is 6.31. The zero-order valence-electron chi connectivity index (χ0n) is 23.6. The third-order valence-electron chi connectivity index (χ3n) is 7.22. The lowest BCUT2D eigenvalue weighted by Gasteiger charge is -2.38. The van der Waals surface area contributed by atoms with E-state index in [9.17, 15) is 15.0 Å². The van der Waals surface area contributed by atoms with E-state index in [1.165, 1.54) is 5.56 Å². The fraction of sp³-hybridized carbons (Fsp3) is 0.312. The number of hydrogen-bond acceptors (Lipinski definition) is 6. The van der Waals surface area contributed by atoms with E-state index in [4.69, 9.17) is 26.2 Å². The number of H-pyrrole nitrogens is 1. The van der Waals surface area contributed by atoms with Gasteiger partial charge in [-0.1, -0.05) is 37.6 Å². The van der Waals surface area contributed by atoms with Crippen LogP contribution < -0.4 is 15.0 Å². The number of fused-ring (bicyclic) bond motifs is 3. The first-order valence-corrected chi connectivity index (χ1v) is 14.2. The number of nitrogens with one attached hydrogen (secondary N) is 2. The van der Waals surface area contributed by atoms with Gasteiger partial charge < -0.3 is 35.3 Å². The van der Waals surface area contributed by atoms with Gasteiger partial charge >= 0.3 is 0 Å². The Balaban J connectivity index is 0.00000129. The maximum absolute atomic E-state index is 11.7. The summed E-state index contributed by atoms with van der Waals surface area (Å²) in [6.45, 7) is 4.76. The predicted molar refractivity (Wildman–Crippen MR) is 163 cm³/mol. The molecular weight excluding hydrogens is 558 g/mol. The van der Waals surface area contributed by atoms with Crippen molar-refractivity contribution in [1.82, 2.24) is 10.3 Å². The van der Waals surface area contributed by atoms with Crippen molar-refractivity contribution >= 4 is 40.6 Å². The van der Waals surface area contributed by atoms with E-state index in [1.54, 1.807) is 12.1 Å². The largest absolute Gasteiger partial charge is 0.508 e. The molecule has 0 bridgehead atoms. The predicted octanol–water partition coefficient (Wildman–Crippen LogP) is 5.28. The summed E-state index contributed by atoms with van der Waals surface area (Å²) in [6.07, 6.45) is 0.619. The van der Waals surface area contributed by atoms with Crippen molar-refractivity contribution in [2.45, 2.75) is 38.8 Å². The summed E-state index contributed by atoms with van der Waals surface area (Å²) in [7, 11) is 0. The van der Waals surface area contributed by atoms with Gasteiger partial charge in [-0.25, -0.2) is 0 Å². The molecule has 3 aromatic carbocycles. The molecule has 1 aliphatic rings. The smallest absolute Gasteiger partial charge is 0.290 e. The first kappa shape index (κ1) is 30.7. The van der Waals surface area contributed by atoms with Crippen LogP contribution in [-0.2, 0) is 16.0 Å². The minimum absolute atomic E-state index is 0.0649. The summed E-state index contributed by atoms with van der Waals surface area (Å²) in [5, 5.41) is 31.5. The second kappa shape index (κ2) is 14.1. The minimum atomic E-state index is -0.665. The molecule has 0 fully saturated rings. The number of carbonyl (C=O) groups is 2. The highest BCUT2D eigenvalue weighted by Crippen LogP contribution is 2.41.